The zero-order valence-corrected chi connectivity index (χ0v) is 21.7. The van der Waals surface area contributed by atoms with Gasteiger partial charge in [0, 0.05) is 48.9 Å². The zero-order valence-electron chi connectivity index (χ0n) is 18.6. The van der Waals surface area contributed by atoms with Crippen LogP contribution in [0.4, 0.5) is 4.79 Å². The van der Waals surface area contributed by atoms with E-state index in [0.717, 1.165) is 44.9 Å². The van der Waals surface area contributed by atoms with E-state index in [9.17, 15) is 4.79 Å². The fourth-order valence-electron chi connectivity index (χ4n) is 3.26. The van der Waals surface area contributed by atoms with E-state index in [4.69, 9.17) is 4.74 Å². The Morgan fingerprint density at radius 2 is 2.00 bits per heavy atom. The van der Waals surface area contributed by atoms with Gasteiger partial charge in [-0.3, -0.25) is 4.99 Å². The normalized spacial score (nSPS) is 16.8. The third kappa shape index (κ3) is 9.55. The standard InChI is InChI=1S/C21H36N4O2S.HI/c1-15(13-18-8-7-16(2)28-18)24-19(22-6)23-14-17-9-11-25(12-10-17)20(26)27-21(3,4)5;/h7-8,15,17H,9-14H2,1-6H3,(H2,22,23,24);1H. The van der Waals surface area contributed by atoms with Gasteiger partial charge in [-0.25, -0.2) is 4.79 Å². The molecule has 2 heterocycles. The van der Waals surface area contributed by atoms with Crippen LogP contribution in [0.25, 0.3) is 0 Å². The SMILES string of the molecule is CN=C(NCC1CCN(C(=O)OC(C)(C)C)CC1)NC(C)Cc1ccc(C)s1.I. The summed E-state index contributed by atoms with van der Waals surface area (Å²) in [6.07, 6.45) is 2.75. The van der Waals surface area contributed by atoms with E-state index in [1.54, 1.807) is 0 Å². The predicted octanol–water partition coefficient (Wildman–Crippen LogP) is 4.42. The fraction of sp³-hybridized carbons (Fsp3) is 0.714. The van der Waals surface area contributed by atoms with Crippen LogP contribution in [0.3, 0.4) is 0 Å². The number of guanidine groups is 1. The number of nitrogens with zero attached hydrogens (tertiary/aromatic N) is 2. The van der Waals surface area contributed by atoms with E-state index in [1.807, 2.05) is 44.1 Å². The molecular weight excluding hydrogens is 499 g/mol. The van der Waals surface area contributed by atoms with Crippen molar-refractivity contribution in [3.8, 4) is 0 Å². The summed E-state index contributed by atoms with van der Waals surface area (Å²) in [4.78, 5) is 21.1. The van der Waals surface area contributed by atoms with Crippen molar-refractivity contribution < 1.29 is 9.53 Å². The van der Waals surface area contributed by atoms with Gasteiger partial charge in [-0.05, 0) is 65.5 Å². The highest BCUT2D eigenvalue weighted by atomic mass is 127. The number of aryl methyl sites for hydroxylation is 1. The van der Waals surface area contributed by atoms with Crippen LogP contribution in [0.1, 0.15) is 50.3 Å². The van der Waals surface area contributed by atoms with Crippen LogP contribution >= 0.6 is 35.3 Å². The summed E-state index contributed by atoms with van der Waals surface area (Å²) in [5.41, 5.74) is -0.438. The minimum Gasteiger partial charge on any atom is -0.444 e. The van der Waals surface area contributed by atoms with Crippen LogP contribution < -0.4 is 10.6 Å². The Hall–Kier alpha value is -1.03. The molecule has 0 aromatic carbocycles. The number of thiophene rings is 1. The zero-order chi connectivity index (χ0) is 20.7. The lowest BCUT2D eigenvalue weighted by atomic mass is 9.97. The minimum atomic E-state index is -0.438. The van der Waals surface area contributed by atoms with Crippen LogP contribution in [0.15, 0.2) is 17.1 Å². The van der Waals surface area contributed by atoms with Crippen molar-refractivity contribution in [2.75, 3.05) is 26.7 Å². The third-order valence-electron chi connectivity index (χ3n) is 4.73. The number of aliphatic imine (C=N–C) groups is 1. The topological polar surface area (TPSA) is 66.0 Å². The molecule has 1 saturated heterocycles. The second-order valence-corrected chi connectivity index (χ2v) is 10.00. The molecule has 1 aliphatic heterocycles. The Balaban J connectivity index is 0.00000420. The number of amides is 1. The van der Waals surface area contributed by atoms with Crippen LogP contribution in [-0.4, -0.2) is 55.3 Å². The number of halogens is 1. The van der Waals surface area contributed by atoms with Crippen molar-refractivity contribution >= 4 is 47.4 Å². The second-order valence-electron chi connectivity index (χ2n) is 8.63. The van der Waals surface area contributed by atoms with Gasteiger partial charge >= 0.3 is 6.09 Å². The number of likely N-dealkylation sites (tertiary alicyclic amines) is 1. The maximum Gasteiger partial charge on any atom is 0.410 e. The van der Waals surface area contributed by atoms with Crippen molar-refractivity contribution in [3.63, 3.8) is 0 Å². The molecule has 1 unspecified atom stereocenters. The Labute approximate surface area is 196 Å². The fourth-order valence-corrected chi connectivity index (χ4v) is 4.28. The summed E-state index contributed by atoms with van der Waals surface area (Å²) in [5.74, 6) is 1.38. The summed E-state index contributed by atoms with van der Waals surface area (Å²) in [6.45, 7) is 12.4. The Morgan fingerprint density at radius 3 is 2.52 bits per heavy atom. The highest BCUT2D eigenvalue weighted by Crippen LogP contribution is 2.19. The molecule has 0 aliphatic carbocycles. The second kappa shape index (κ2) is 12.0. The van der Waals surface area contributed by atoms with Gasteiger partial charge in [0.25, 0.3) is 0 Å². The first-order valence-electron chi connectivity index (χ1n) is 10.2. The van der Waals surface area contributed by atoms with Crippen molar-refractivity contribution in [3.05, 3.63) is 21.9 Å². The van der Waals surface area contributed by atoms with E-state index in [0.29, 0.717) is 12.0 Å². The Kier molecular flexibility index (Phi) is 10.7. The van der Waals surface area contributed by atoms with Crippen molar-refractivity contribution in [1.82, 2.24) is 15.5 Å². The summed E-state index contributed by atoms with van der Waals surface area (Å²) in [5, 5.41) is 6.93. The van der Waals surface area contributed by atoms with Gasteiger partial charge in [0.1, 0.15) is 5.60 Å². The van der Waals surface area contributed by atoms with Crippen molar-refractivity contribution in [1.29, 1.82) is 0 Å². The van der Waals surface area contributed by atoms with Crippen LogP contribution in [0.5, 0.6) is 0 Å². The molecule has 1 atom stereocenters. The highest BCUT2D eigenvalue weighted by Gasteiger charge is 2.26. The monoisotopic (exact) mass is 536 g/mol. The molecule has 2 N–H and O–H groups in total. The number of hydrogen-bond acceptors (Lipinski definition) is 4. The number of hydrogen-bond donors (Lipinski definition) is 2. The number of piperidine rings is 1. The Morgan fingerprint density at radius 1 is 1.34 bits per heavy atom. The van der Waals surface area contributed by atoms with Gasteiger partial charge < -0.3 is 20.3 Å². The van der Waals surface area contributed by atoms with Crippen LogP contribution in [0, 0.1) is 12.8 Å². The summed E-state index contributed by atoms with van der Waals surface area (Å²) in [6, 6.07) is 4.69. The molecule has 0 spiro atoms. The summed E-state index contributed by atoms with van der Waals surface area (Å²) >= 11 is 1.85. The van der Waals surface area contributed by atoms with Gasteiger partial charge in [-0.2, -0.15) is 0 Å². The predicted molar refractivity (Wildman–Crippen MR) is 133 cm³/mol. The van der Waals surface area contributed by atoms with Crippen molar-refractivity contribution in [2.24, 2.45) is 10.9 Å². The molecule has 2 rings (SSSR count). The van der Waals surface area contributed by atoms with E-state index in [-0.39, 0.29) is 30.1 Å². The van der Waals surface area contributed by atoms with E-state index < -0.39 is 5.60 Å². The maximum absolute atomic E-state index is 12.2. The quantitative estimate of drug-likeness (QED) is 0.332. The number of rotatable bonds is 5. The smallest absolute Gasteiger partial charge is 0.410 e. The first-order chi connectivity index (χ1) is 13.2. The molecule has 1 amide bonds. The summed E-state index contributed by atoms with van der Waals surface area (Å²) in [7, 11) is 1.81. The molecule has 8 heteroatoms. The molecule has 1 fully saturated rings. The molecule has 0 radical (unpaired) electrons. The molecule has 6 nitrogen and oxygen atoms in total. The number of carbonyl (C=O) groups excluding carboxylic acids is 1. The molecule has 0 saturated carbocycles. The van der Waals surface area contributed by atoms with Gasteiger partial charge in [-0.1, -0.05) is 0 Å². The highest BCUT2D eigenvalue weighted by molar-refractivity contribution is 14.0. The number of nitrogens with one attached hydrogen (secondary N) is 2. The van der Waals surface area contributed by atoms with Crippen molar-refractivity contribution in [2.45, 2.75) is 65.5 Å². The largest absolute Gasteiger partial charge is 0.444 e. The average Bonchev–Trinajstić information content (AvgIpc) is 3.02. The van der Waals surface area contributed by atoms with Gasteiger partial charge in [0.05, 0.1) is 0 Å². The van der Waals surface area contributed by atoms with E-state index >= 15 is 0 Å². The number of carbonyl (C=O) groups is 1. The lowest BCUT2D eigenvalue weighted by Gasteiger charge is -2.33. The molecule has 1 aromatic heterocycles. The van der Waals surface area contributed by atoms with Crippen LogP contribution in [-0.2, 0) is 11.2 Å². The molecule has 1 aliphatic rings. The van der Waals surface area contributed by atoms with Gasteiger partial charge in [0.15, 0.2) is 5.96 Å². The molecular formula is C21H37IN4O2S. The molecule has 29 heavy (non-hydrogen) atoms. The maximum atomic E-state index is 12.2. The molecule has 0 bridgehead atoms. The molecule has 166 valence electrons. The third-order valence-corrected chi connectivity index (χ3v) is 5.76. The number of ether oxygens (including phenoxy) is 1. The van der Waals surface area contributed by atoms with Crippen LogP contribution in [0.2, 0.25) is 0 Å². The molecule has 1 aromatic rings. The lowest BCUT2D eigenvalue weighted by Crippen LogP contribution is -2.47. The first-order valence-corrected chi connectivity index (χ1v) is 11.0. The van der Waals surface area contributed by atoms with E-state index in [2.05, 4.69) is 41.6 Å². The van der Waals surface area contributed by atoms with Gasteiger partial charge in [0.2, 0.25) is 0 Å². The minimum absolute atomic E-state index is 0. The lowest BCUT2D eigenvalue weighted by molar-refractivity contribution is 0.0185. The summed E-state index contributed by atoms with van der Waals surface area (Å²) < 4.78 is 5.47. The first kappa shape index (κ1) is 26.0. The Bertz CT molecular complexity index is 664. The average molecular weight is 537 g/mol. The van der Waals surface area contributed by atoms with E-state index in [1.165, 1.54) is 9.75 Å². The van der Waals surface area contributed by atoms with Gasteiger partial charge in [-0.15, -0.1) is 35.3 Å².